The van der Waals surface area contributed by atoms with Gasteiger partial charge in [0.15, 0.2) is 5.17 Å². The van der Waals surface area contributed by atoms with E-state index in [4.69, 9.17) is 0 Å². The van der Waals surface area contributed by atoms with Crippen LogP contribution in [0.1, 0.15) is 13.8 Å². The fraction of sp³-hybridized carbons (Fsp3) is 0.625. The molecule has 0 aromatic carbocycles. The lowest BCUT2D eigenvalue weighted by Crippen LogP contribution is -2.15. The lowest BCUT2D eigenvalue weighted by molar-refractivity contribution is 0.963. The zero-order valence-electron chi connectivity index (χ0n) is 7.05. The SMILES string of the molecule is CC(C)=CCSC1=NCCN1. The molecule has 0 radical (unpaired) electrons. The topological polar surface area (TPSA) is 24.4 Å². The Morgan fingerprint density at radius 3 is 3.09 bits per heavy atom. The van der Waals surface area contributed by atoms with E-state index in [-0.39, 0.29) is 0 Å². The fourth-order valence-electron chi connectivity index (χ4n) is 0.760. The molecule has 0 bridgehead atoms. The highest BCUT2D eigenvalue weighted by atomic mass is 32.2. The zero-order valence-corrected chi connectivity index (χ0v) is 7.87. The number of nitrogens with zero attached hydrogens (tertiary/aromatic N) is 1. The Bertz CT molecular complexity index is 181. The molecule has 1 rings (SSSR count). The Hall–Kier alpha value is -0.440. The second kappa shape index (κ2) is 4.44. The molecule has 0 unspecified atom stereocenters. The number of amidine groups is 1. The molecule has 62 valence electrons. The molecule has 0 spiro atoms. The smallest absolute Gasteiger partial charge is 0.156 e. The van der Waals surface area contributed by atoms with Crippen LogP contribution in [0.25, 0.3) is 0 Å². The van der Waals surface area contributed by atoms with Crippen molar-refractivity contribution in [3.63, 3.8) is 0 Å². The average molecular weight is 170 g/mol. The summed E-state index contributed by atoms with van der Waals surface area (Å²) in [5.74, 6) is 1.04. The maximum Gasteiger partial charge on any atom is 0.156 e. The number of thioether (sulfide) groups is 1. The number of rotatable bonds is 2. The zero-order chi connectivity index (χ0) is 8.10. The minimum absolute atomic E-state index is 0.942. The van der Waals surface area contributed by atoms with Crippen molar-refractivity contribution in [1.82, 2.24) is 5.32 Å². The Morgan fingerprint density at radius 2 is 2.55 bits per heavy atom. The first kappa shape index (κ1) is 8.65. The number of allylic oxidation sites excluding steroid dienone is 1. The first-order valence-corrected chi connectivity index (χ1v) is 4.82. The van der Waals surface area contributed by atoms with Crippen LogP contribution in [0.15, 0.2) is 16.6 Å². The third kappa shape index (κ3) is 3.46. The minimum Gasteiger partial charge on any atom is -0.363 e. The van der Waals surface area contributed by atoms with Crippen molar-refractivity contribution in [2.24, 2.45) is 4.99 Å². The van der Waals surface area contributed by atoms with E-state index >= 15 is 0 Å². The van der Waals surface area contributed by atoms with Crippen LogP contribution < -0.4 is 5.32 Å². The van der Waals surface area contributed by atoms with Gasteiger partial charge in [-0.15, -0.1) is 0 Å². The first-order valence-electron chi connectivity index (χ1n) is 3.83. The van der Waals surface area contributed by atoms with E-state index in [1.807, 2.05) is 0 Å². The third-order valence-electron chi connectivity index (χ3n) is 1.36. The molecule has 0 fully saturated rings. The monoisotopic (exact) mass is 170 g/mol. The molecular formula is C8H14N2S. The van der Waals surface area contributed by atoms with E-state index in [9.17, 15) is 0 Å². The van der Waals surface area contributed by atoms with Crippen LogP contribution in [0.4, 0.5) is 0 Å². The lowest BCUT2D eigenvalue weighted by Gasteiger charge is -1.97. The van der Waals surface area contributed by atoms with E-state index < -0.39 is 0 Å². The van der Waals surface area contributed by atoms with Crippen LogP contribution in [0, 0.1) is 0 Å². The standard InChI is InChI=1S/C8H14N2S/c1-7(2)3-6-11-8-9-4-5-10-8/h3H,4-6H2,1-2H3,(H,9,10). The molecule has 1 aliphatic heterocycles. The summed E-state index contributed by atoms with van der Waals surface area (Å²) in [5.41, 5.74) is 1.37. The predicted molar refractivity (Wildman–Crippen MR) is 52.2 cm³/mol. The van der Waals surface area contributed by atoms with Gasteiger partial charge in [-0.25, -0.2) is 0 Å². The molecule has 1 heterocycles. The third-order valence-corrected chi connectivity index (χ3v) is 2.24. The van der Waals surface area contributed by atoms with Crippen molar-refractivity contribution < 1.29 is 0 Å². The fourth-order valence-corrected chi connectivity index (χ4v) is 1.72. The molecule has 1 N–H and O–H groups in total. The van der Waals surface area contributed by atoms with Gasteiger partial charge in [-0.2, -0.15) is 0 Å². The van der Waals surface area contributed by atoms with Gasteiger partial charge >= 0.3 is 0 Å². The van der Waals surface area contributed by atoms with Gasteiger partial charge in [-0.3, -0.25) is 4.99 Å². The van der Waals surface area contributed by atoms with Gasteiger partial charge in [-0.1, -0.05) is 23.4 Å². The minimum atomic E-state index is 0.942. The highest BCUT2D eigenvalue weighted by Gasteiger charge is 2.02. The summed E-state index contributed by atoms with van der Waals surface area (Å²) in [6.45, 7) is 6.18. The maximum absolute atomic E-state index is 4.27. The molecule has 0 atom stereocenters. The highest BCUT2D eigenvalue weighted by molar-refractivity contribution is 8.13. The molecule has 0 saturated heterocycles. The van der Waals surface area contributed by atoms with Crippen LogP contribution in [0.5, 0.6) is 0 Å². The summed E-state index contributed by atoms with van der Waals surface area (Å²) < 4.78 is 0. The molecule has 0 amide bonds. The Balaban J connectivity index is 2.17. The van der Waals surface area contributed by atoms with E-state index in [1.54, 1.807) is 11.8 Å². The van der Waals surface area contributed by atoms with Gasteiger partial charge in [-0.05, 0) is 13.8 Å². The van der Waals surface area contributed by atoms with Crippen LogP contribution >= 0.6 is 11.8 Å². The summed E-state index contributed by atoms with van der Waals surface area (Å²) in [4.78, 5) is 4.27. The van der Waals surface area contributed by atoms with E-state index in [0.29, 0.717) is 0 Å². The Labute approximate surface area is 72.2 Å². The Kier molecular flexibility index (Phi) is 3.49. The van der Waals surface area contributed by atoms with Gasteiger partial charge in [0.25, 0.3) is 0 Å². The molecule has 11 heavy (non-hydrogen) atoms. The van der Waals surface area contributed by atoms with Gasteiger partial charge < -0.3 is 5.32 Å². The van der Waals surface area contributed by atoms with E-state index in [1.165, 1.54) is 5.57 Å². The van der Waals surface area contributed by atoms with Gasteiger partial charge in [0.2, 0.25) is 0 Å². The first-order chi connectivity index (χ1) is 5.29. The maximum atomic E-state index is 4.27. The number of nitrogens with one attached hydrogen (secondary N) is 1. The van der Waals surface area contributed by atoms with Crippen molar-refractivity contribution in [2.45, 2.75) is 13.8 Å². The van der Waals surface area contributed by atoms with Crippen molar-refractivity contribution in [3.05, 3.63) is 11.6 Å². The molecule has 0 aromatic rings. The normalized spacial score (nSPS) is 15.6. The van der Waals surface area contributed by atoms with Gasteiger partial charge in [0.1, 0.15) is 0 Å². The largest absolute Gasteiger partial charge is 0.363 e. The lowest BCUT2D eigenvalue weighted by atomic mass is 10.3. The van der Waals surface area contributed by atoms with Crippen molar-refractivity contribution in [2.75, 3.05) is 18.8 Å². The molecule has 2 nitrogen and oxygen atoms in total. The van der Waals surface area contributed by atoms with Crippen LogP contribution in [0.2, 0.25) is 0 Å². The summed E-state index contributed by atoms with van der Waals surface area (Å²) in [5, 5.41) is 4.31. The van der Waals surface area contributed by atoms with Crippen molar-refractivity contribution >= 4 is 16.9 Å². The average Bonchev–Trinajstić information content (AvgIpc) is 2.39. The predicted octanol–water partition coefficient (Wildman–Crippen LogP) is 1.64. The number of hydrogen-bond acceptors (Lipinski definition) is 3. The van der Waals surface area contributed by atoms with E-state index in [0.717, 1.165) is 24.0 Å². The molecule has 0 aliphatic carbocycles. The van der Waals surface area contributed by atoms with Crippen LogP contribution in [-0.4, -0.2) is 24.0 Å². The number of aliphatic imine (C=N–C) groups is 1. The van der Waals surface area contributed by atoms with Crippen molar-refractivity contribution in [1.29, 1.82) is 0 Å². The molecule has 0 saturated carbocycles. The van der Waals surface area contributed by atoms with E-state index in [2.05, 4.69) is 30.2 Å². The summed E-state index contributed by atoms with van der Waals surface area (Å²) in [6.07, 6.45) is 2.22. The van der Waals surface area contributed by atoms with Gasteiger partial charge in [0, 0.05) is 12.3 Å². The Morgan fingerprint density at radius 1 is 1.73 bits per heavy atom. The number of hydrogen-bond donors (Lipinski definition) is 1. The molecular weight excluding hydrogens is 156 g/mol. The summed E-state index contributed by atoms with van der Waals surface area (Å²) >= 11 is 1.77. The summed E-state index contributed by atoms with van der Waals surface area (Å²) in [7, 11) is 0. The van der Waals surface area contributed by atoms with Crippen LogP contribution in [-0.2, 0) is 0 Å². The van der Waals surface area contributed by atoms with Gasteiger partial charge in [0.05, 0.1) is 6.54 Å². The molecule has 0 aromatic heterocycles. The molecule has 1 aliphatic rings. The quantitative estimate of drug-likeness (QED) is 0.637. The molecule has 3 heteroatoms. The second-order valence-electron chi connectivity index (χ2n) is 2.71. The van der Waals surface area contributed by atoms with Crippen LogP contribution in [0.3, 0.4) is 0 Å². The second-order valence-corrected chi connectivity index (χ2v) is 3.71. The highest BCUT2D eigenvalue weighted by Crippen LogP contribution is 2.06. The van der Waals surface area contributed by atoms with Crippen molar-refractivity contribution in [3.8, 4) is 0 Å². The summed E-state index contributed by atoms with van der Waals surface area (Å²) in [6, 6.07) is 0.